The van der Waals surface area contributed by atoms with Gasteiger partial charge in [-0.15, -0.1) is 0 Å². The Kier molecular flexibility index (Phi) is 4.76. The van der Waals surface area contributed by atoms with E-state index in [1.807, 2.05) is 0 Å². The molecule has 0 saturated heterocycles. The van der Waals surface area contributed by atoms with Gasteiger partial charge in [-0.2, -0.15) is 0 Å². The van der Waals surface area contributed by atoms with E-state index in [0.717, 1.165) is 0 Å². The molecule has 98 valence electrons. The van der Waals surface area contributed by atoms with Crippen molar-refractivity contribution in [1.29, 1.82) is 0 Å². The normalized spacial score (nSPS) is 18.9. The third-order valence-corrected chi connectivity index (χ3v) is 3.39. The fourth-order valence-electron chi connectivity index (χ4n) is 2.27. The highest BCUT2D eigenvalue weighted by atomic mass is 15.2. The summed E-state index contributed by atoms with van der Waals surface area (Å²) < 4.78 is 0. The van der Waals surface area contributed by atoms with Crippen LogP contribution in [0.25, 0.3) is 0 Å². The maximum atomic E-state index is 5.67. The minimum Gasteiger partial charge on any atom is -0.386 e. The van der Waals surface area contributed by atoms with Gasteiger partial charge in [-0.05, 0) is 24.0 Å². The highest BCUT2D eigenvalue weighted by molar-refractivity contribution is 5.84. The van der Waals surface area contributed by atoms with E-state index in [9.17, 15) is 0 Å². The highest BCUT2D eigenvalue weighted by Crippen LogP contribution is 2.18. The number of nitrogens with two attached hydrogens (primary N) is 1. The first-order chi connectivity index (χ1) is 8.79. The van der Waals surface area contributed by atoms with E-state index < -0.39 is 0 Å². The van der Waals surface area contributed by atoms with Crippen LogP contribution in [0.15, 0.2) is 29.3 Å². The predicted molar refractivity (Wildman–Crippen MR) is 76.7 cm³/mol. The molecule has 0 fully saturated rings. The van der Waals surface area contributed by atoms with Crippen LogP contribution < -0.4 is 11.1 Å². The van der Waals surface area contributed by atoms with Gasteiger partial charge in [0.1, 0.15) is 12.0 Å². The fraction of sp³-hybridized carbons (Fsp3) is 0.533. The zero-order chi connectivity index (χ0) is 12.8. The number of hydrogen-bond donors (Lipinski definition) is 2. The number of aryl methyl sites for hydroxylation is 1. The van der Waals surface area contributed by atoms with Crippen LogP contribution in [0, 0.1) is 0 Å². The Morgan fingerprint density at radius 3 is 2.61 bits per heavy atom. The lowest BCUT2D eigenvalue weighted by molar-refractivity contribution is 0.642. The van der Waals surface area contributed by atoms with E-state index in [1.54, 1.807) is 0 Å². The lowest BCUT2D eigenvalue weighted by Gasteiger charge is -2.09. The van der Waals surface area contributed by atoms with Crippen LogP contribution in [-0.2, 0) is 6.42 Å². The van der Waals surface area contributed by atoms with Crippen molar-refractivity contribution in [2.75, 3.05) is 6.54 Å². The molecular formula is C15H23N3. The Morgan fingerprint density at radius 2 is 2.00 bits per heavy atom. The number of unbranched alkanes of at least 4 members (excludes halogenated alkanes) is 3. The van der Waals surface area contributed by atoms with Gasteiger partial charge in [-0.3, -0.25) is 5.32 Å². The fourth-order valence-corrected chi connectivity index (χ4v) is 2.27. The zero-order valence-electron chi connectivity index (χ0n) is 11.2. The second kappa shape index (κ2) is 6.55. The predicted octanol–water partition coefficient (Wildman–Crippen LogP) is 2.77. The number of aliphatic imine (C=N–C) groups is 1. The molecule has 2 rings (SSSR count). The second-order valence-electron chi connectivity index (χ2n) is 4.96. The second-order valence-corrected chi connectivity index (χ2v) is 4.96. The van der Waals surface area contributed by atoms with Gasteiger partial charge in [0, 0.05) is 0 Å². The van der Waals surface area contributed by atoms with Crippen molar-refractivity contribution in [3.8, 4) is 0 Å². The van der Waals surface area contributed by atoms with Crippen molar-refractivity contribution in [3.05, 3.63) is 35.4 Å². The molecule has 0 aromatic heterocycles. The molecule has 0 amide bonds. The summed E-state index contributed by atoms with van der Waals surface area (Å²) in [6.45, 7) is 2.94. The molecule has 0 aliphatic carbocycles. The van der Waals surface area contributed by atoms with Crippen molar-refractivity contribution < 1.29 is 0 Å². The van der Waals surface area contributed by atoms with Crippen LogP contribution in [0.4, 0.5) is 0 Å². The first-order valence-electron chi connectivity index (χ1n) is 6.94. The largest absolute Gasteiger partial charge is 0.386 e. The number of benzene rings is 1. The van der Waals surface area contributed by atoms with Gasteiger partial charge in [0.25, 0.3) is 0 Å². The van der Waals surface area contributed by atoms with Crippen molar-refractivity contribution in [1.82, 2.24) is 5.32 Å². The Balaban J connectivity index is 1.86. The van der Waals surface area contributed by atoms with Crippen molar-refractivity contribution in [3.63, 3.8) is 0 Å². The Hall–Kier alpha value is -1.35. The smallest absolute Gasteiger partial charge is 0.127 e. The van der Waals surface area contributed by atoms with Crippen molar-refractivity contribution in [2.24, 2.45) is 10.7 Å². The molecule has 18 heavy (non-hydrogen) atoms. The summed E-state index contributed by atoms with van der Waals surface area (Å²) in [7, 11) is 0. The molecule has 1 heterocycles. The maximum Gasteiger partial charge on any atom is 0.127 e. The first-order valence-corrected chi connectivity index (χ1v) is 6.94. The summed E-state index contributed by atoms with van der Waals surface area (Å²) in [6, 6.07) is 8.75. The van der Waals surface area contributed by atoms with Gasteiger partial charge in [0.05, 0.1) is 6.54 Å². The highest BCUT2D eigenvalue weighted by Gasteiger charge is 2.15. The van der Waals surface area contributed by atoms with Gasteiger partial charge < -0.3 is 5.73 Å². The van der Waals surface area contributed by atoms with Crippen LogP contribution >= 0.6 is 0 Å². The maximum absolute atomic E-state index is 5.67. The summed E-state index contributed by atoms with van der Waals surface area (Å²) in [4.78, 5) is 4.36. The van der Waals surface area contributed by atoms with Crippen molar-refractivity contribution >= 4 is 5.84 Å². The van der Waals surface area contributed by atoms with Gasteiger partial charge in [-0.1, -0.05) is 50.5 Å². The van der Waals surface area contributed by atoms with Gasteiger partial charge in [-0.25, -0.2) is 4.99 Å². The summed E-state index contributed by atoms with van der Waals surface area (Å²) in [5.74, 6) is 0.698. The summed E-state index contributed by atoms with van der Waals surface area (Å²) in [6.07, 6.45) is 6.51. The molecule has 0 radical (unpaired) electrons. The average Bonchev–Trinajstić information content (AvgIpc) is 2.82. The molecule has 1 unspecified atom stereocenters. The van der Waals surface area contributed by atoms with Crippen LogP contribution in [0.2, 0.25) is 0 Å². The number of hydrogen-bond acceptors (Lipinski definition) is 3. The molecule has 1 aliphatic rings. The molecule has 1 aliphatic heterocycles. The molecule has 1 atom stereocenters. The quantitative estimate of drug-likeness (QED) is 0.757. The Morgan fingerprint density at radius 1 is 1.22 bits per heavy atom. The van der Waals surface area contributed by atoms with Crippen molar-refractivity contribution in [2.45, 2.75) is 45.2 Å². The molecule has 3 nitrogen and oxygen atoms in total. The van der Waals surface area contributed by atoms with E-state index in [1.165, 1.54) is 43.2 Å². The monoisotopic (exact) mass is 245 g/mol. The SMILES string of the molecule is CCCCCCc1ccc(C2N=C(N)CN2)cc1. The standard InChI is InChI=1S/C15H23N3/c1-2-3-4-5-6-12-7-9-13(10-8-12)15-17-11-14(16)18-15/h7-10,15,17H,2-6,11H2,1H3,(H2,16,18). The van der Waals surface area contributed by atoms with Crippen LogP contribution in [0.3, 0.4) is 0 Å². The van der Waals surface area contributed by atoms with Crippen LogP contribution in [0.5, 0.6) is 0 Å². The molecule has 3 N–H and O–H groups in total. The molecule has 1 aromatic rings. The van der Waals surface area contributed by atoms with E-state index in [4.69, 9.17) is 5.73 Å². The number of nitrogens with one attached hydrogen (secondary N) is 1. The number of rotatable bonds is 6. The lowest BCUT2D eigenvalue weighted by Crippen LogP contribution is -2.21. The first kappa shape index (κ1) is 13.1. The minimum absolute atomic E-state index is 0.0548. The summed E-state index contributed by atoms with van der Waals surface area (Å²) in [5, 5.41) is 3.27. The Labute approximate surface area is 109 Å². The van der Waals surface area contributed by atoms with Gasteiger partial charge >= 0.3 is 0 Å². The van der Waals surface area contributed by atoms with E-state index >= 15 is 0 Å². The average molecular weight is 245 g/mol. The third-order valence-electron chi connectivity index (χ3n) is 3.39. The zero-order valence-corrected chi connectivity index (χ0v) is 11.2. The summed E-state index contributed by atoms with van der Waals surface area (Å²) in [5.41, 5.74) is 8.30. The molecule has 3 heteroatoms. The van der Waals surface area contributed by atoms with E-state index in [0.29, 0.717) is 12.4 Å². The number of nitrogens with zero attached hydrogens (tertiary/aromatic N) is 1. The van der Waals surface area contributed by atoms with Crippen LogP contribution in [0.1, 0.15) is 49.9 Å². The summed E-state index contributed by atoms with van der Waals surface area (Å²) >= 11 is 0. The molecule has 1 aromatic carbocycles. The van der Waals surface area contributed by atoms with E-state index in [2.05, 4.69) is 41.5 Å². The topological polar surface area (TPSA) is 50.4 Å². The van der Waals surface area contributed by atoms with Crippen LogP contribution in [-0.4, -0.2) is 12.4 Å². The minimum atomic E-state index is 0.0548. The lowest BCUT2D eigenvalue weighted by atomic mass is 10.0. The molecular weight excluding hydrogens is 222 g/mol. The third kappa shape index (κ3) is 3.57. The van der Waals surface area contributed by atoms with E-state index in [-0.39, 0.29) is 6.17 Å². The molecule has 0 saturated carbocycles. The number of amidine groups is 1. The van der Waals surface area contributed by atoms with Gasteiger partial charge in [0.15, 0.2) is 0 Å². The molecule has 0 spiro atoms. The Bertz CT molecular complexity index is 395. The molecule has 0 bridgehead atoms. The van der Waals surface area contributed by atoms with Gasteiger partial charge in [0.2, 0.25) is 0 Å².